The number of benzene rings is 3. The van der Waals surface area contributed by atoms with Crippen LogP contribution in [-0.2, 0) is 6.42 Å². The Balaban J connectivity index is 1.39. The summed E-state index contributed by atoms with van der Waals surface area (Å²) in [4.78, 5) is 19.7. The van der Waals surface area contributed by atoms with Crippen LogP contribution in [0.3, 0.4) is 0 Å². The third kappa shape index (κ3) is 3.51. The zero-order chi connectivity index (χ0) is 20.7. The van der Waals surface area contributed by atoms with Gasteiger partial charge in [0.1, 0.15) is 5.82 Å². The molecule has 5 rings (SSSR count). The molecule has 0 bridgehead atoms. The number of halogens is 1. The quantitative estimate of drug-likeness (QED) is 0.438. The number of aryl methyl sites for hydroxylation is 1. The second kappa shape index (κ2) is 7.47. The molecule has 0 radical (unpaired) electrons. The highest BCUT2D eigenvalue weighted by molar-refractivity contribution is 6.30. The molecule has 1 amide bonds. The van der Waals surface area contributed by atoms with Crippen molar-refractivity contribution in [2.75, 3.05) is 16.8 Å². The summed E-state index contributed by atoms with van der Waals surface area (Å²) in [5, 5.41) is 4.71. The summed E-state index contributed by atoms with van der Waals surface area (Å²) >= 11 is 5.90. The Labute approximate surface area is 180 Å². The molecular formula is C25H20ClN3O. The van der Waals surface area contributed by atoms with Crippen molar-refractivity contribution in [1.82, 2.24) is 4.98 Å². The number of carbonyl (C=O) groups excluding carboxylic acids is 1. The highest BCUT2D eigenvalue weighted by Crippen LogP contribution is 2.35. The molecule has 1 N–H and O–H groups in total. The van der Waals surface area contributed by atoms with Crippen molar-refractivity contribution in [1.29, 1.82) is 0 Å². The Morgan fingerprint density at radius 1 is 1.00 bits per heavy atom. The van der Waals surface area contributed by atoms with Gasteiger partial charge in [-0.3, -0.25) is 4.79 Å². The van der Waals surface area contributed by atoms with E-state index in [-0.39, 0.29) is 5.91 Å². The molecule has 0 atom stereocenters. The molecule has 0 fully saturated rings. The lowest BCUT2D eigenvalue weighted by Gasteiger charge is -2.19. The number of rotatable bonds is 3. The van der Waals surface area contributed by atoms with Gasteiger partial charge in [-0.2, -0.15) is 0 Å². The fraction of sp³-hybridized carbons (Fsp3) is 0.120. The molecule has 30 heavy (non-hydrogen) atoms. The normalized spacial score (nSPS) is 12.8. The van der Waals surface area contributed by atoms with E-state index in [1.165, 1.54) is 16.5 Å². The van der Waals surface area contributed by atoms with Gasteiger partial charge in [-0.25, -0.2) is 4.98 Å². The van der Waals surface area contributed by atoms with Gasteiger partial charge in [-0.15, -0.1) is 0 Å². The van der Waals surface area contributed by atoms with E-state index in [2.05, 4.69) is 41.4 Å². The van der Waals surface area contributed by atoms with Crippen molar-refractivity contribution in [3.05, 3.63) is 94.5 Å². The standard InChI is InChI=1S/C25H20ClN3O/c1-16-2-3-18-15-19-12-13-29(24(19)28-23(18)14-16)22-10-4-17(5-11-22)25(30)27-21-8-6-20(26)7-9-21/h2-11,14-15H,12-13H2,1H3,(H,27,30). The fourth-order valence-corrected chi connectivity index (χ4v) is 3.97. The molecule has 1 aromatic heterocycles. The average molecular weight is 414 g/mol. The number of nitrogens with zero attached hydrogens (tertiary/aromatic N) is 2. The average Bonchev–Trinajstić information content (AvgIpc) is 3.16. The number of anilines is 3. The smallest absolute Gasteiger partial charge is 0.255 e. The van der Waals surface area contributed by atoms with Crippen molar-refractivity contribution in [3.63, 3.8) is 0 Å². The number of nitrogens with one attached hydrogen (secondary N) is 1. The largest absolute Gasteiger partial charge is 0.326 e. The van der Waals surface area contributed by atoms with Gasteiger partial charge in [0.15, 0.2) is 0 Å². The van der Waals surface area contributed by atoms with Crippen molar-refractivity contribution in [3.8, 4) is 0 Å². The van der Waals surface area contributed by atoms with Gasteiger partial charge in [0.05, 0.1) is 5.52 Å². The Morgan fingerprint density at radius 2 is 1.77 bits per heavy atom. The first kappa shape index (κ1) is 18.6. The predicted molar refractivity (Wildman–Crippen MR) is 123 cm³/mol. The molecule has 0 aliphatic carbocycles. The van der Waals surface area contributed by atoms with E-state index >= 15 is 0 Å². The second-order valence-corrected chi connectivity index (χ2v) is 8.01. The molecule has 4 nitrogen and oxygen atoms in total. The van der Waals surface area contributed by atoms with Crippen LogP contribution in [0.1, 0.15) is 21.5 Å². The summed E-state index contributed by atoms with van der Waals surface area (Å²) in [5.74, 6) is 0.858. The highest BCUT2D eigenvalue weighted by atomic mass is 35.5. The maximum Gasteiger partial charge on any atom is 0.255 e. The van der Waals surface area contributed by atoms with Gasteiger partial charge < -0.3 is 10.2 Å². The molecule has 1 aliphatic rings. The molecule has 4 aromatic rings. The van der Waals surface area contributed by atoms with E-state index in [1.54, 1.807) is 24.3 Å². The van der Waals surface area contributed by atoms with Crippen LogP contribution in [-0.4, -0.2) is 17.4 Å². The third-order valence-corrected chi connectivity index (χ3v) is 5.68. The van der Waals surface area contributed by atoms with Crippen LogP contribution >= 0.6 is 11.6 Å². The first-order valence-corrected chi connectivity index (χ1v) is 10.3. The number of hydrogen-bond donors (Lipinski definition) is 1. The molecule has 148 valence electrons. The lowest BCUT2D eigenvalue weighted by molar-refractivity contribution is 0.102. The lowest BCUT2D eigenvalue weighted by Crippen LogP contribution is -2.15. The molecule has 3 aromatic carbocycles. The SMILES string of the molecule is Cc1ccc2cc3c(nc2c1)N(c1ccc(C(=O)Nc2ccc(Cl)cc2)cc1)CC3. The zero-order valence-corrected chi connectivity index (χ0v) is 17.3. The zero-order valence-electron chi connectivity index (χ0n) is 16.5. The van der Waals surface area contributed by atoms with Gasteiger partial charge in [0, 0.05) is 33.9 Å². The Hall–Kier alpha value is -3.37. The maximum atomic E-state index is 12.5. The molecule has 0 spiro atoms. The number of fused-ring (bicyclic) bond motifs is 2. The minimum Gasteiger partial charge on any atom is -0.326 e. The van der Waals surface area contributed by atoms with Crippen LogP contribution in [0.4, 0.5) is 17.2 Å². The number of hydrogen-bond acceptors (Lipinski definition) is 3. The first-order valence-electron chi connectivity index (χ1n) is 9.92. The number of pyridine rings is 1. The maximum absolute atomic E-state index is 12.5. The molecular weight excluding hydrogens is 394 g/mol. The van der Waals surface area contributed by atoms with E-state index in [1.807, 2.05) is 24.3 Å². The van der Waals surface area contributed by atoms with Gasteiger partial charge in [-0.1, -0.05) is 23.7 Å². The second-order valence-electron chi connectivity index (χ2n) is 7.58. The van der Waals surface area contributed by atoms with Crippen LogP contribution in [0.15, 0.2) is 72.8 Å². The molecule has 1 aliphatic heterocycles. The van der Waals surface area contributed by atoms with Gasteiger partial charge in [0.2, 0.25) is 0 Å². The van der Waals surface area contributed by atoms with Crippen LogP contribution in [0.2, 0.25) is 5.02 Å². The monoisotopic (exact) mass is 413 g/mol. The predicted octanol–water partition coefficient (Wildman–Crippen LogP) is 6.14. The summed E-state index contributed by atoms with van der Waals surface area (Å²) in [5.41, 5.74) is 5.84. The lowest BCUT2D eigenvalue weighted by atomic mass is 10.1. The molecule has 0 saturated heterocycles. The fourth-order valence-electron chi connectivity index (χ4n) is 3.85. The Morgan fingerprint density at radius 3 is 2.53 bits per heavy atom. The van der Waals surface area contributed by atoms with E-state index in [4.69, 9.17) is 16.6 Å². The van der Waals surface area contributed by atoms with Crippen molar-refractivity contribution in [2.45, 2.75) is 13.3 Å². The van der Waals surface area contributed by atoms with Crippen molar-refractivity contribution < 1.29 is 4.79 Å². The number of amides is 1. The van der Waals surface area contributed by atoms with E-state index in [0.717, 1.165) is 30.0 Å². The Kier molecular flexibility index (Phi) is 4.64. The van der Waals surface area contributed by atoms with Crippen molar-refractivity contribution >= 4 is 45.6 Å². The number of aromatic nitrogens is 1. The highest BCUT2D eigenvalue weighted by Gasteiger charge is 2.23. The summed E-state index contributed by atoms with van der Waals surface area (Å²) in [7, 11) is 0. The van der Waals surface area contributed by atoms with E-state index in [9.17, 15) is 4.79 Å². The van der Waals surface area contributed by atoms with Crippen LogP contribution in [0, 0.1) is 6.92 Å². The Bertz CT molecular complexity index is 1250. The van der Waals surface area contributed by atoms with Crippen LogP contribution in [0.25, 0.3) is 10.9 Å². The minimum absolute atomic E-state index is 0.148. The van der Waals surface area contributed by atoms with E-state index in [0.29, 0.717) is 16.3 Å². The molecule has 0 saturated carbocycles. The van der Waals surface area contributed by atoms with Gasteiger partial charge >= 0.3 is 0 Å². The summed E-state index contributed by atoms with van der Waals surface area (Å²) in [6.07, 6.45) is 0.963. The van der Waals surface area contributed by atoms with E-state index < -0.39 is 0 Å². The van der Waals surface area contributed by atoms with Crippen molar-refractivity contribution in [2.24, 2.45) is 0 Å². The summed E-state index contributed by atoms with van der Waals surface area (Å²) in [6, 6.07) is 23.4. The topological polar surface area (TPSA) is 45.2 Å². The van der Waals surface area contributed by atoms with Gasteiger partial charge in [-0.05, 0) is 85.1 Å². The third-order valence-electron chi connectivity index (χ3n) is 5.43. The molecule has 5 heteroatoms. The number of carbonyl (C=O) groups is 1. The minimum atomic E-state index is -0.148. The van der Waals surface area contributed by atoms with Gasteiger partial charge in [0.25, 0.3) is 5.91 Å². The van der Waals surface area contributed by atoms with Crippen LogP contribution in [0.5, 0.6) is 0 Å². The molecule has 0 unspecified atom stereocenters. The summed E-state index contributed by atoms with van der Waals surface area (Å²) in [6.45, 7) is 2.97. The molecule has 2 heterocycles. The summed E-state index contributed by atoms with van der Waals surface area (Å²) < 4.78 is 0. The first-order chi connectivity index (χ1) is 14.6. The van der Waals surface area contributed by atoms with Crippen LogP contribution < -0.4 is 10.2 Å².